The van der Waals surface area contributed by atoms with Crippen molar-refractivity contribution in [2.45, 2.75) is 210 Å². The van der Waals surface area contributed by atoms with E-state index in [4.69, 9.17) is 71.5 Å². The van der Waals surface area contributed by atoms with Crippen LogP contribution in [0.2, 0.25) is 0 Å². The Hall–Kier alpha value is -1.20. The zero-order valence-electron chi connectivity index (χ0n) is 36.7. The molecule has 0 spiro atoms. The molecule has 6 aliphatic heterocycles. The molecule has 6 heterocycles. The van der Waals surface area contributed by atoms with E-state index in [1.54, 1.807) is 0 Å². The van der Waals surface area contributed by atoms with Crippen molar-refractivity contribution in [3.05, 3.63) is 0 Å². The Morgan fingerprint density at radius 3 is 1.18 bits per heavy atom. The Bertz CT molecular complexity index is 1630. The smallest absolute Gasteiger partial charge is 0.211 e. The molecule has 0 aromatic carbocycles. The molecule has 0 amide bonds. The summed E-state index contributed by atoms with van der Waals surface area (Å²) in [5.74, 6) is -0.727. The predicted octanol–water partition coefficient (Wildman–Crippen LogP) is 4.70. The number of hydrogen-bond acceptors (Lipinski definition) is 19. The summed E-state index contributed by atoms with van der Waals surface area (Å²) in [6.07, 6.45) is 2.55. The summed E-state index contributed by atoms with van der Waals surface area (Å²) in [7, 11) is 7.36. The quantitative estimate of drug-likeness (QED) is 0.112. The molecule has 22 heteroatoms. The second-order valence-electron chi connectivity index (χ2n) is 19.0. The summed E-state index contributed by atoms with van der Waals surface area (Å²) in [6, 6.07) is 2.31. The molecule has 19 nitrogen and oxygen atoms in total. The second-order valence-corrected chi connectivity index (χ2v) is 21.5. The van der Waals surface area contributed by atoms with E-state index in [0.29, 0.717) is 19.3 Å². The van der Waals surface area contributed by atoms with Crippen LogP contribution in [0.1, 0.15) is 102 Å². The highest BCUT2D eigenvalue weighted by molar-refractivity contribution is 8.26. The zero-order chi connectivity index (χ0) is 45.7. The maximum Gasteiger partial charge on any atom is 0.211 e. The van der Waals surface area contributed by atoms with Gasteiger partial charge in [-0.05, 0) is 102 Å². The first-order valence-corrected chi connectivity index (χ1v) is 23.1. The number of ether oxygens (including phenoxy) is 12. The molecule has 6 saturated heterocycles. The van der Waals surface area contributed by atoms with Crippen LogP contribution in [-0.4, -0.2) is 135 Å². The Morgan fingerprint density at radius 1 is 0.541 bits per heavy atom. The van der Waals surface area contributed by atoms with Crippen LogP contribution >= 0.6 is 21.4 Å². The summed E-state index contributed by atoms with van der Waals surface area (Å²) in [4.78, 5) is 11.2. The number of carbonyl (C=O) groups is 1. The van der Waals surface area contributed by atoms with Crippen LogP contribution < -0.4 is 5.90 Å². The van der Waals surface area contributed by atoms with Gasteiger partial charge in [-0.25, -0.2) is 10.1 Å². The number of nitriles is 1. The molecule has 3 aliphatic carbocycles. The molecule has 9 aliphatic rings. The van der Waals surface area contributed by atoms with Crippen LogP contribution in [0.15, 0.2) is 5.16 Å². The van der Waals surface area contributed by atoms with Crippen LogP contribution in [0.25, 0.3) is 0 Å². The van der Waals surface area contributed by atoms with Gasteiger partial charge in [-0.2, -0.15) is 5.26 Å². The molecule has 0 unspecified atom stereocenters. The third-order valence-electron chi connectivity index (χ3n) is 11.5. The molecule has 3 saturated carbocycles. The molecule has 61 heavy (non-hydrogen) atoms. The number of fused-ring (bicyclic) bond motifs is 9. The van der Waals surface area contributed by atoms with E-state index in [0.717, 1.165) is 6.29 Å². The van der Waals surface area contributed by atoms with Gasteiger partial charge in [-0.15, -0.1) is 5.16 Å². The highest BCUT2D eigenvalue weighted by atomic mass is 36.0. The molecule has 350 valence electrons. The first-order valence-electron chi connectivity index (χ1n) is 20.3. The third kappa shape index (κ3) is 12.0. The van der Waals surface area contributed by atoms with Crippen molar-refractivity contribution in [2.75, 3.05) is 0 Å². The van der Waals surface area contributed by atoms with Gasteiger partial charge in [0.05, 0.1) is 42.5 Å². The van der Waals surface area contributed by atoms with E-state index in [1.165, 1.54) is 6.21 Å². The van der Waals surface area contributed by atoms with E-state index >= 15 is 0 Å². The minimum Gasteiger partial charge on any atom is -0.411 e. The third-order valence-corrected chi connectivity index (χ3v) is 11.5. The topological polar surface area (TPSA) is 248 Å². The molecule has 0 aromatic rings. The number of halogens is 2. The van der Waals surface area contributed by atoms with E-state index in [2.05, 4.69) is 38.5 Å². The highest BCUT2D eigenvalue weighted by Gasteiger charge is 2.62. The summed E-state index contributed by atoms with van der Waals surface area (Å²) < 4.78 is 79.9. The fourth-order valence-corrected chi connectivity index (χ4v) is 9.84. The van der Waals surface area contributed by atoms with Gasteiger partial charge in [0.1, 0.15) is 49.0 Å². The van der Waals surface area contributed by atoms with Crippen molar-refractivity contribution in [3.63, 3.8) is 0 Å². The summed E-state index contributed by atoms with van der Waals surface area (Å²) in [5.41, 5.74) is 0. The largest absolute Gasteiger partial charge is 0.411 e. The lowest BCUT2D eigenvalue weighted by molar-refractivity contribution is -0.176. The minimum atomic E-state index is -1.67. The van der Waals surface area contributed by atoms with Gasteiger partial charge in [0, 0.05) is 39.4 Å². The van der Waals surface area contributed by atoms with Gasteiger partial charge in [0.15, 0.2) is 34.7 Å². The number of carbonyl (C=O) groups excluding carboxylic acids is 1. The Morgan fingerprint density at radius 2 is 0.820 bits per heavy atom. The number of hydrogen-bond donors (Lipinski definition) is 3. The predicted molar refractivity (Wildman–Crippen MR) is 215 cm³/mol. The van der Waals surface area contributed by atoms with Crippen molar-refractivity contribution in [1.82, 2.24) is 0 Å². The van der Waals surface area contributed by atoms with E-state index in [1.807, 2.05) is 83.1 Å². The molecule has 0 radical (unpaired) electrons. The number of nitrogens with two attached hydrogens (primary N) is 1. The molecule has 0 aromatic heterocycles. The Balaban J connectivity index is 0.000000162. The Kier molecular flexibility index (Phi) is 15.8. The maximum absolute atomic E-state index is 11.2. The molecule has 0 bridgehead atoms. The molecule has 9 rings (SSSR count). The first-order chi connectivity index (χ1) is 28.2. The van der Waals surface area contributed by atoms with Crippen molar-refractivity contribution in [1.29, 1.82) is 5.26 Å². The van der Waals surface area contributed by atoms with Crippen LogP contribution in [0.5, 0.6) is 0 Å². The van der Waals surface area contributed by atoms with Gasteiger partial charge in [-0.3, -0.25) is 0 Å². The van der Waals surface area contributed by atoms with Crippen molar-refractivity contribution < 1.29 is 76.3 Å². The molecule has 15 atom stereocenters. The average Bonchev–Trinajstić information content (AvgIpc) is 3.94. The number of rotatable bonds is 2. The van der Waals surface area contributed by atoms with Crippen molar-refractivity contribution >= 4 is 43.1 Å². The van der Waals surface area contributed by atoms with Gasteiger partial charge < -0.3 is 72.1 Å². The number of aldehydes is 1. The number of nitrogens with zero attached hydrogens (tertiary/aromatic N) is 2. The van der Waals surface area contributed by atoms with Crippen molar-refractivity contribution in [2.24, 2.45) is 28.8 Å². The van der Waals surface area contributed by atoms with Crippen LogP contribution in [0, 0.1) is 29.1 Å². The van der Waals surface area contributed by atoms with E-state index < -0.39 is 43.9 Å². The zero-order valence-corrected chi connectivity index (χ0v) is 39.0. The molecule has 9 fully saturated rings. The maximum atomic E-state index is 11.2. The standard InChI is InChI=1S/C13H21NO5.C13H19NO4.C13H20O5.Cl2OS.H3NO/c1-12(2)16-8-5-7(6-14-15)9-11(10(8)18-12)19-13(3,4)17-9;2*1-12(2)15-8-5-7(6-14)9-11(10(8)17-12)18-13(3,4)16-9;1-4(2)3;1-2/h6-11,15H,5H2,1-4H3;7-11H,5H2,1-4H3;6-11H,5H2,1-4H3;;2H,1H2/t3*7-,8+,9+,10+,11+;;/m000../s1. The minimum absolute atomic E-state index is 0.0319. The van der Waals surface area contributed by atoms with Gasteiger partial charge >= 0.3 is 0 Å². The van der Waals surface area contributed by atoms with E-state index in [-0.39, 0.29) is 91.0 Å². The average molecular weight is 933 g/mol. The summed E-state index contributed by atoms with van der Waals surface area (Å²) in [6.45, 7) is 22.6. The first kappa shape index (κ1) is 50.8. The summed E-state index contributed by atoms with van der Waals surface area (Å²) in [5, 5.41) is 27.8. The van der Waals surface area contributed by atoms with Crippen molar-refractivity contribution in [3.8, 4) is 6.07 Å². The fraction of sp³-hybridized carbons (Fsp3) is 0.923. The molecule has 4 N–H and O–H groups in total. The van der Waals surface area contributed by atoms with Crippen LogP contribution in [-0.2, 0) is 70.9 Å². The summed E-state index contributed by atoms with van der Waals surface area (Å²) >= 11 is 0. The molecular weight excluding hydrogens is 869 g/mol. The van der Waals surface area contributed by atoms with E-state index in [9.17, 15) is 10.1 Å². The lowest BCUT2D eigenvalue weighted by atomic mass is 9.81. The highest BCUT2D eigenvalue weighted by Crippen LogP contribution is 2.49. The number of oxime groups is 1. The lowest BCUT2D eigenvalue weighted by Gasteiger charge is -2.35. The van der Waals surface area contributed by atoms with Crippen LogP contribution in [0.3, 0.4) is 0 Å². The monoisotopic (exact) mass is 931 g/mol. The van der Waals surface area contributed by atoms with Gasteiger partial charge in [0.2, 0.25) is 9.23 Å². The van der Waals surface area contributed by atoms with Gasteiger partial charge in [-0.1, -0.05) is 0 Å². The molecular formula is C39H63Cl2N3O16S. The second kappa shape index (κ2) is 19.0. The lowest BCUT2D eigenvalue weighted by Crippen LogP contribution is -2.51. The van der Waals surface area contributed by atoms with Crippen LogP contribution in [0.4, 0.5) is 0 Å². The Labute approximate surface area is 368 Å². The normalized spacial score (nSPS) is 44.0. The fourth-order valence-electron chi connectivity index (χ4n) is 9.84. The SMILES string of the molecule is CC1(C)O[C@@H]2[C@H](O1)[C@H](C#N)C[C@H]1OC(C)(C)O[C@@H]21.CC1(C)O[C@@H]2[C@H](O1)[C@H](C=NO)C[C@H]1OC(C)(C)O[C@@H]21.CC1(C)O[C@@H]2[C@H](O1)[C@H](C=O)C[C@H]1OC(C)(C)O[C@@H]21.NO.O=S(Cl)Cl. The van der Waals surface area contributed by atoms with Gasteiger partial charge in [0.25, 0.3) is 0 Å².